The van der Waals surface area contributed by atoms with E-state index in [1.54, 1.807) is 7.11 Å². The molecule has 1 fully saturated rings. The van der Waals surface area contributed by atoms with E-state index in [9.17, 15) is 4.79 Å². The number of amides is 1. The summed E-state index contributed by atoms with van der Waals surface area (Å²) in [5, 5.41) is 6.37. The van der Waals surface area contributed by atoms with Gasteiger partial charge in [0, 0.05) is 19.7 Å². The Morgan fingerprint density at radius 2 is 1.94 bits per heavy atom. The van der Waals surface area contributed by atoms with Gasteiger partial charge in [-0.15, -0.1) is 0 Å². The normalized spacial score (nSPS) is 29.9. The van der Waals surface area contributed by atoms with Crippen LogP contribution in [0.4, 0.5) is 0 Å². The van der Waals surface area contributed by atoms with Gasteiger partial charge in [-0.1, -0.05) is 20.3 Å². The van der Waals surface area contributed by atoms with E-state index in [2.05, 4.69) is 24.5 Å². The Labute approximate surface area is 111 Å². The number of carbonyl (C=O) groups is 1. The molecule has 4 nitrogen and oxygen atoms in total. The zero-order valence-corrected chi connectivity index (χ0v) is 12.2. The fraction of sp³-hybridized carbons (Fsp3) is 0.929. The van der Waals surface area contributed by atoms with Gasteiger partial charge in [0.25, 0.3) is 0 Å². The number of hydrogen-bond donors (Lipinski definition) is 2. The van der Waals surface area contributed by atoms with Crippen LogP contribution in [-0.4, -0.2) is 38.3 Å². The molecule has 1 aliphatic rings. The summed E-state index contributed by atoms with van der Waals surface area (Å²) in [4.78, 5) is 11.9. The topological polar surface area (TPSA) is 50.4 Å². The first-order chi connectivity index (χ1) is 8.56. The third kappa shape index (κ3) is 4.58. The summed E-state index contributed by atoms with van der Waals surface area (Å²) >= 11 is 0. The first-order valence-electron chi connectivity index (χ1n) is 7.09. The van der Waals surface area contributed by atoms with Crippen LogP contribution in [0.5, 0.6) is 0 Å². The summed E-state index contributed by atoms with van der Waals surface area (Å²) in [5.41, 5.74) is 0. The first kappa shape index (κ1) is 15.4. The molecule has 18 heavy (non-hydrogen) atoms. The van der Waals surface area contributed by atoms with Crippen LogP contribution in [0.2, 0.25) is 0 Å². The molecule has 1 saturated carbocycles. The van der Waals surface area contributed by atoms with E-state index in [1.807, 2.05) is 6.92 Å². The van der Waals surface area contributed by atoms with Crippen LogP contribution in [-0.2, 0) is 9.53 Å². The van der Waals surface area contributed by atoms with Crippen LogP contribution >= 0.6 is 0 Å². The number of methoxy groups -OCH3 is 1. The average Bonchev–Trinajstić information content (AvgIpc) is 2.34. The Morgan fingerprint density at radius 1 is 1.33 bits per heavy atom. The molecule has 1 rings (SSSR count). The summed E-state index contributed by atoms with van der Waals surface area (Å²) in [6, 6.07) is 0.330. The molecule has 3 atom stereocenters. The third-order valence-electron chi connectivity index (χ3n) is 3.99. The number of hydrogen-bond acceptors (Lipinski definition) is 3. The zero-order chi connectivity index (χ0) is 13.5. The predicted octanol–water partition coefficient (Wildman–Crippen LogP) is 1.55. The summed E-state index contributed by atoms with van der Waals surface area (Å²) in [6.07, 6.45) is 3.84. The van der Waals surface area contributed by atoms with Crippen molar-refractivity contribution >= 4 is 5.91 Å². The lowest BCUT2D eigenvalue weighted by atomic mass is 9.78. The van der Waals surface area contributed by atoms with E-state index >= 15 is 0 Å². The molecular weight excluding hydrogens is 228 g/mol. The second kappa shape index (κ2) is 7.74. The highest BCUT2D eigenvalue weighted by Crippen LogP contribution is 2.28. The Balaban J connectivity index is 2.37. The van der Waals surface area contributed by atoms with Crippen molar-refractivity contribution in [2.24, 2.45) is 11.8 Å². The van der Waals surface area contributed by atoms with E-state index in [0.29, 0.717) is 31.0 Å². The van der Waals surface area contributed by atoms with Crippen molar-refractivity contribution in [3.63, 3.8) is 0 Å². The Kier molecular flexibility index (Phi) is 6.65. The third-order valence-corrected chi connectivity index (χ3v) is 3.99. The minimum atomic E-state index is -0.130. The van der Waals surface area contributed by atoms with Gasteiger partial charge in [-0.3, -0.25) is 4.79 Å². The minimum Gasteiger partial charge on any atom is -0.383 e. The van der Waals surface area contributed by atoms with E-state index in [-0.39, 0.29) is 11.9 Å². The minimum absolute atomic E-state index is 0.0667. The van der Waals surface area contributed by atoms with Crippen molar-refractivity contribution in [1.29, 1.82) is 0 Å². The van der Waals surface area contributed by atoms with E-state index in [0.717, 1.165) is 0 Å². The lowest BCUT2D eigenvalue weighted by Gasteiger charge is -2.37. The maximum Gasteiger partial charge on any atom is 0.236 e. The number of rotatable bonds is 6. The maximum absolute atomic E-state index is 11.9. The van der Waals surface area contributed by atoms with E-state index < -0.39 is 0 Å². The highest BCUT2D eigenvalue weighted by molar-refractivity contribution is 5.81. The molecule has 3 unspecified atom stereocenters. The van der Waals surface area contributed by atoms with Gasteiger partial charge in [0.2, 0.25) is 5.91 Å². The van der Waals surface area contributed by atoms with Crippen molar-refractivity contribution in [1.82, 2.24) is 10.6 Å². The van der Waals surface area contributed by atoms with Crippen LogP contribution in [0.15, 0.2) is 0 Å². The van der Waals surface area contributed by atoms with Gasteiger partial charge in [0.15, 0.2) is 0 Å². The fourth-order valence-corrected chi connectivity index (χ4v) is 2.80. The van der Waals surface area contributed by atoms with Crippen LogP contribution in [0.25, 0.3) is 0 Å². The summed E-state index contributed by atoms with van der Waals surface area (Å²) in [6.45, 7) is 7.65. The fourth-order valence-electron chi connectivity index (χ4n) is 2.80. The maximum atomic E-state index is 11.9. The SMILES string of the molecule is COCCNC(=O)C(C)NC1C(C)CCCC1C. The Bertz CT molecular complexity index is 248. The van der Waals surface area contributed by atoms with E-state index in [1.165, 1.54) is 19.3 Å². The second-order valence-corrected chi connectivity index (χ2v) is 5.58. The summed E-state index contributed by atoms with van der Waals surface area (Å²) < 4.78 is 4.92. The van der Waals surface area contributed by atoms with E-state index in [4.69, 9.17) is 4.74 Å². The van der Waals surface area contributed by atoms with Crippen LogP contribution in [0.3, 0.4) is 0 Å². The molecule has 0 aliphatic heterocycles. The molecule has 0 heterocycles. The molecule has 0 bridgehead atoms. The highest BCUT2D eigenvalue weighted by Gasteiger charge is 2.29. The van der Waals surface area contributed by atoms with Gasteiger partial charge in [-0.25, -0.2) is 0 Å². The van der Waals surface area contributed by atoms with Crippen LogP contribution in [0, 0.1) is 11.8 Å². The second-order valence-electron chi connectivity index (χ2n) is 5.58. The average molecular weight is 256 g/mol. The van der Waals surface area contributed by atoms with Gasteiger partial charge < -0.3 is 15.4 Å². The molecule has 1 amide bonds. The van der Waals surface area contributed by atoms with Crippen molar-refractivity contribution in [3.8, 4) is 0 Å². The number of nitrogens with one attached hydrogen (secondary N) is 2. The smallest absolute Gasteiger partial charge is 0.236 e. The Hall–Kier alpha value is -0.610. The van der Waals surface area contributed by atoms with Gasteiger partial charge >= 0.3 is 0 Å². The molecule has 0 aromatic carbocycles. The van der Waals surface area contributed by atoms with Crippen molar-refractivity contribution in [3.05, 3.63) is 0 Å². The van der Waals surface area contributed by atoms with Gasteiger partial charge in [0.05, 0.1) is 12.6 Å². The number of carbonyl (C=O) groups excluding carboxylic acids is 1. The van der Waals surface area contributed by atoms with Gasteiger partial charge in [-0.2, -0.15) is 0 Å². The molecule has 0 aromatic rings. The standard InChI is InChI=1S/C14H28N2O2/c1-10-6-5-7-11(2)13(10)16-12(3)14(17)15-8-9-18-4/h10-13,16H,5-9H2,1-4H3,(H,15,17). The van der Waals surface area contributed by atoms with Gasteiger partial charge in [0.1, 0.15) is 0 Å². The molecule has 0 spiro atoms. The first-order valence-corrected chi connectivity index (χ1v) is 7.09. The lowest BCUT2D eigenvalue weighted by molar-refractivity contribution is -0.123. The largest absolute Gasteiger partial charge is 0.383 e. The monoisotopic (exact) mass is 256 g/mol. The molecule has 4 heteroatoms. The molecular formula is C14H28N2O2. The zero-order valence-electron chi connectivity index (χ0n) is 12.2. The predicted molar refractivity (Wildman–Crippen MR) is 73.5 cm³/mol. The molecule has 106 valence electrons. The number of ether oxygens (including phenoxy) is 1. The molecule has 1 aliphatic carbocycles. The molecule has 0 radical (unpaired) electrons. The molecule has 2 N–H and O–H groups in total. The molecule has 0 saturated heterocycles. The van der Waals surface area contributed by atoms with Gasteiger partial charge in [-0.05, 0) is 31.6 Å². The van der Waals surface area contributed by atoms with Crippen molar-refractivity contribution in [2.45, 2.75) is 52.1 Å². The van der Waals surface area contributed by atoms with Crippen molar-refractivity contribution < 1.29 is 9.53 Å². The summed E-state index contributed by atoms with van der Waals surface area (Å²) in [7, 11) is 1.64. The van der Waals surface area contributed by atoms with Crippen LogP contribution < -0.4 is 10.6 Å². The molecule has 0 aromatic heterocycles. The quantitative estimate of drug-likeness (QED) is 0.709. The Morgan fingerprint density at radius 3 is 2.50 bits per heavy atom. The summed E-state index contributed by atoms with van der Waals surface area (Å²) in [5.74, 6) is 1.38. The highest BCUT2D eigenvalue weighted by atomic mass is 16.5. The van der Waals surface area contributed by atoms with Crippen LogP contribution in [0.1, 0.15) is 40.0 Å². The lowest BCUT2D eigenvalue weighted by Crippen LogP contribution is -2.52. The van der Waals surface area contributed by atoms with Crippen molar-refractivity contribution in [2.75, 3.05) is 20.3 Å².